The van der Waals surface area contributed by atoms with Crippen LogP contribution < -0.4 is 0 Å². The lowest BCUT2D eigenvalue weighted by molar-refractivity contribution is 0.0539. The van der Waals surface area contributed by atoms with E-state index in [9.17, 15) is 4.79 Å². The quantitative estimate of drug-likeness (QED) is 0.612. The Balaban J connectivity index is 2.70. The SMILES string of the molecule is C=C(C)COC(=O)c1ccccc1Br. The van der Waals surface area contributed by atoms with Gasteiger partial charge in [-0.1, -0.05) is 18.7 Å². The van der Waals surface area contributed by atoms with Crippen molar-refractivity contribution in [1.29, 1.82) is 0 Å². The molecule has 0 saturated heterocycles. The number of hydrogen-bond donors (Lipinski definition) is 0. The summed E-state index contributed by atoms with van der Waals surface area (Å²) < 4.78 is 5.74. The van der Waals surface area contributed by atoms with Crippen molar-refractivity contribution < 1.29 is 9.53 Å². The molecule has 0 aliphatic heterocycles. The van der Waals surface area contributed by atoms with E-state index in [1.54, 1.807) is 18.2 Å². The number of ether oxygens (including phenoxy) is 1. The number of carbonyl (C=O) groups excluding carboxylic acids is 1. The van der Waals surface area contributed by atoms with E-state index in [2.05, 4.69) is 22.5 Å². The zero-order chi connectivity index (χ0) is 10.6. The highest BCUT2D eigenvalue weighted by atomic mass is 79.9. The summed E-state index contributed by atoms with van der Waals surface area (Å²) in [7, 11) is 0. The predicted octanol–water partition coefficient (Wildman–Crippen LogP) is 3.18. The lowest BCUT2D eigenvalue weighted by atomic mass is 10.2. The molecule has 0 bridgehead atoms. The average molecular weight is 255 g/mol. The van der Waals surface area contributed by atoms with Crippen LogP contribution in [-0.4, -0.2) is 12.6 Å². The first-order valence-electron chi connectivity index (χ1n) is 4.17. The van der Waals surface area contributed by atoms with Crippen molar-refractivity contribution in [2.75, 3.05) is 6.61 Å². The van der Waals surface area contributed by atoms with Crippen molar-refractivity contribution in [3.05, 3.63) is 46.5 Å². The van der Waals surface area contributed by atoms with Gasteiger partial charge >= 0.3 is 5.97 Å². The molecule has 0 aliphatic rings. The standard InChI is InChI=1S/C11H11BrO2/c1-8(2)7-14-11(13)9-5-3-4-6-10(9)12/h3-6H,1,7H2,2H3. The number of rotatable bonds is 3. The maximum Gasteiger partial charge on any atom is 0.339 e. The second-order valence-corrected chi connectivity index (χ2v) is 3.87. The molecule has 0 saturated carbocycles. The number of carbonyl (C=O) groups is 1. The largest absolute Gasteiger partial charge is 0.458 e. The summed E-state index contributed by atoms with van der Waals surface area (Å²) in [5.74, 6) is -0.333. The first-order chi connectivity index (χ1) is 6.61. The molecule has 1 rings (SSSR count). The number of esters is 1. The fraction of sp³-hybridized carbons (Fsp3) is 0.182. The Labute approximate surface area is 91.7 Å². The predicted molar refractivity (Wildman–Crippen MR) is 59.2 cm³/mol. The van der Waals surface area contributed by atoms with Gasteiger partial charge in [0.15, 0.2) is 0 Å². The maximum atomic E-state index is 11.5. The van der Waals surface area contributed by atoms with E-state index in [-0.39, 0.29) is 12.6 Å². The summed E-state index contributed by atoms with van der Waals surface area (Å²) in [5.41, 5.74) is 1.36. The van der Waals surface area contributed by atoms with Crippen LogP contribution in [0.25, 0.3) is 0 Å². The summed E-state index contributed by atoms with van der Waals surface area (Å²) >= 11 is 3.28. The van der Waals surface area contributed by atoms with Gasteiger partial charge in [-0.25, -0.2) is 4.79 Å². The topological polar surface area (TPSA) is 26.3 Å². The van der Waals surface area contributed by atoms with Crippen LogP contribution in [0.1, 0.15) is 17.3 Å². The van der Waals surface area contributed by atoms with Gasteiger partial charge in [-0.3, -0.25) is 0 Å². The van der Waals surface area contributed by atoms with E-state index in [4.69, 9.17) is 4.74 Å². The van der Waals surface area contributed by atoms with E-state index in [1.807, 2.05) is 13.0 Å². The van der Waals surface area contributed by atoms with Gasteiger partial charge in [0.05, 0.1) is 5.56 Å². The maximum absolute atomic E-state index is 11.5. The van der Waals surface area contributed by atoms with Gasteiger partial charge in [-0.05, 0) is 40.6 Å². The molecule has 0 atom stereocenters. The van der Waals surface area contributed by atoms with Gasteiger partial charge in [0.2, 0.25) is 0 Å². The molecule has 1 aromatic rings. The van der Waals surface area contributed by atoms with Crippen LogP contribution in [0, 0.1) is 0 Å². The molecular weight excluding hydrogens is 244 g/mol. The molecule has 2 nitrogen and oxygen atoms in total. The lowest BCUT2D eigenvalue weighted by Gasteiger charge is -2.05. The van der Waals surface area contributed by atoms with Gasteiger partial charge in [0.25, 0.3) is 0 Å². The van der Waals surface area contributed by atoms with Gasteiger partial charge in [0.1, 0.15) is 6.61 Å². The second kappa shape index (κ2) is 4.96. The minimum absolute atomic E-state index is 0.264. The fourth-order valence-corrected chi connectivity index (χ4v) is 1.34. The Kier molecular flexibility index (Phi) is 3.89. The Morgan fingerprint density at radius 2 is 2.14 bits per heavy atom. The first-order valence-corrected chi connectivity index (χ1v) is 4.96. The highest BCUT2D eigenvalue weighted by molar-refractivity contribution is 9.10. The molecule has 0 amide bonds. The van der Waals surface area contributed by atoms with E-state index in [1.165, 1.54) is 0 Å². The third-order valence-corrected chi connectivity index (χ3v) is 2.23. The normalized spacial score (nSPS) is 9.57. The third kappa shape index (κ3) is 3.00. The van der Waals surface area contributed by atoms with Crippen LogP contribution in [0.2, 0.25) is 0 Å². The first kappa shape index (κ1) is 11.0. The summed E-state index contributed by atoms with van der Waals surface area (Å²) in [6.45, 7) is 5.73. The van der Waals surface area contributed by atoms with Gasteiger partial charge < -0.3 is 4.74 Å². The molecule has 0 fully saturated rings. The third-order valence-electron chi connectivity index (χ3n) is 1.54. The van der Waals surface area contributed by atoms with E-state index in [0.29, 0.717) is 5.56 Å². The van der Waals surface area contributed by atoms with Crippen LogP contribution >= 0.6 is 15.9 Å². The Bertz CT molecular complexity index is 358. The minimum atomic E-state index is -0.333. The molecule has 1 aromatic carbocycles. The average Bonchev–Trinajstić information content (AvgIpc) is 2.15. The van der Waals surface area contributed by atoms with Crippen LogP contribution in [0.15, 0.2) is 40.9 Å². The second-order valence-electron chi connectivity index (χ2n) is 3.01. The molecule has 0 aliphatic carbocycles. The van der Waals surface area contributed by atoms with E-state index < -0.39 is 0 Å². The molecule has 0 radical (unpaired) electrons. The van der Waals surface area contributed by atoms with Crippen molar-refractivity contribution in [2.24, 2.45) is 0 Å². The van der Waals surface area contributed by atoms with Crippen molar-refractivity contribution in [3.63, 3.8) is 0 Å². The Morgan fingerprint density at radius 1 is 1.50 bits per heavy atom. The number of halogens is 1. The van der Waals surface area contributed by atoms with Gasteiger partial charge in [-0.2, -0.15) is 0 Å². The Hall–Kier alpha value is -1.09. The monoisotopic (exact) mass is 254 g/mol. The molecule has 14 heavy (non-hydrogen) atoms. The number of hydrogen-bond acceptors (Lipinski definition) is 2. The van der Waals surface area contributed by atoms with Crippen LogP contribution in [0.3, 0.4) is 0 Å². The molecule has 0 N–H and O–H groups in total. The summed E-state index contributed by atoms with van der Waals surface area (Å²) in [6.07, 6.45) is 0. The van der Waals surface area contributed by atoms with Gasteiger partial charge in [0, 0.05) is 4.47 Å². The van der Waals surface area contributed by atoms with Crippen molar-refractivity contribution in [3.8, 4) is 0 Å². The van der Waals surface area contributed by atoms with Crippen molar-refractivity contribution >= 4 is 21.9 Å². The van der Waals surface area contributed by atoms with Crippen molar-refractivity contribution in [1.82, 2.24) is 0 Å². The highest BCUT2D eigenvalue weighted by Gasteiger charge is 2.09. The molecule has 74 valence electrons. The van der Waals surface area contributed by atoms with Crippen LogP contribution in [0.4, 0.5) is 0 Å². The fourth-order valence-electron chi connectivity index (χ4n) is 0.893. The summed E-state index contributed by atoms with van der Waals surface area (Å²) in [6, 6.07) is 7.16. The molecule has 0 unspecified atom stereocenters. The molecule has 0 aromatic heterocycles. The van der Waals surface area contributed by atoms with Gasteiger partial charge in [-0.15, -0.1) is 0 Å². The van der Waals surface area contributed by atoms with Crippen LogP contribution in [-0.2, 0) is 4.74 Å². The smallest absolute Gasteiger partial charge is 0.339 e. The minimum Gasteiger partial charge on any atom is -0.458 e. The van der Waals surface area contributed by atoms with E-state index >= 15 is 0 Å². The van der Waals surface area contributed by atoms with Crippen molar-refractivity contribution in [2.45, 2.75) is 6.92 Å². The van der Waals surface area contributed by atoms with E-state index in [0.717, 1.165) is 10.0 Å². The highest BCUT2D eigenvalue weighted by Crippen LogP contribution is 2.16. The molecule has 3 heteroatoms. The zero-order valence-corrected chi connectivity index (χ0v) is 9.50. The Morgan fingerprint density at radius 3 is 2.71 bits per heavy atom. The van der Waals surface area contributed by atoms with Crippen LogP contribution in [0.5, 0.6) is 0 Å². The summed E-state index contributed by atoms with van der Waals surface area (Å²) in [5, 5.41) is 0. The molecule has 0 spiro atoms. The molecular formula is C11H11BrO2. The number of benzene rings is 1. The molecule has 0 heterocycles. The summed E-state index contributed by atoms with van der Waals surface area (Å²) in [4.78, 5) is 11.5. The lowest BCUT2D eigenvalue weighted by Crippen LogP contribution is -2.07. The zero-order valence-electron chi connectivity index (χ0n) is 7.92.